The fourth-order valence-electron chi connectivity index (χ4n) is 4.31. The fourth-order valence-corrected chi connectivity index (χ4v) is 4.31. The molecule has 0 spiro atoms. The first-order valence-electron chi connectivity index (χ1n) is 14.9. The number of hydrogen-bond acceptors (Lipinski definition) is 8. The molecule has 0 aliphatic heterocycles. The fraction of sp³-hybridized carbons (Fsp3) is 0.303. The number of benzene rings is 3. The van der Waals surface area contributed by atoms with E-state index in [0.29, 0.717) is 18.6 Å². The predicted octanol–water partition coefficient (Wildman–Crippen LogP) is 6.91. The van der Waals surface area contributed by atoms with Gasteiger partial charge in [-0.25, -0.2) is 9.59 Å². The highest BCUT2D eigenvalue weighted by molar-refractivity contribution is 5.97. The molecule has 0 saturated heterocycles. The maximum absolute atomic E-state index is 13.1. The second-order valence-electron chi connectivity index (χ2n) is 11.0. The first-order chi connectivity index (χ1) is 25.2. The Hall–Kier alpha value is -5.38. The summed E-state index contributed by atoms with van der Waals surface area (Å²) in [5, 5.41) is 11.0. The lowest BCUT2D eigenvalue weighted by molar-refractivity contribution is -0.145. The van der Waals surface area contributed by atoms with Gasteiger partial charge in [-0.1, -0.05) is 42.5 Å². The molecule has 56 heavy (non-hydrogen) atoms. The zero-order valence-corrected chi connectivity index (χ0v) is 28.8. The van der Waals surface area contributed by atoms with Crippen LogP contribution in [0.4, 0.5) is 52.7 Å². The number of halogens is 13. The van der Waals surface area contributed by atoms with Gasteiger partial charge in [0.15, 0.2) is 13.2 Å². The summed E-state index contributed by atoms with van der Waals surface area (Å²) >= 11 is 0. The van der Waals surface area contributed by atoms with E-state index in [2.05, 4.69) is 14.8 Å². The van der Waals surface area contributed by atoms with Crippen LogP contribution in [0.3, 0.4) is 0 Å². The molecule has 0 radical (unpaired) electrons. The van der Waals surface area contributed by atoms with Gasteiger partial charge in [0.1, 0.15) is 6.04 Å². The summed E-state index contributed by atoms with van der Waals surface area (Å²) in [6.45, 7) is -1.90. The molecule has 308 valence electrons. The van der Waals surface area contributed by atoms with Gasteiger partial charge < -0.3 is 25.6 Å². The molecule has 0 saturated carbocycles. The summed E-state index contributed by atoms with van der Waals surface area (Å²) in [4.78, 5) is 58.0. The molecule has 3 aromatic carbocycles. The first kappa shape index (κ1) is 48.6. The molecule has 2 atom stereocenters. The summed E-state index contributed by atoms with van der Waals surface area (Å²) < 4.78 is 166. The van der Waals surface area contributed by atoms with Crippen LogP contribution in [0, 0.1) is 0 Å². The lowest BCUT2D eigenvalue weighted by atomic mass is 10.00. The van der Waals surface area contributed by atoms with Crippen LogP contribution >= 0.6 is 12.4 Å². The molecule has 3 aromatic rings. The molecular formula is C33H27ClF12N2O8. The van der Waals surface area contributed by atoms with Gasteiger partial charge in [-0.05, 0) is 43.2 Å². The van der Waals surface area contributed by atoms with Crippen LogP contribution in [-0.2, 0) is 55.0 Å². The van der Waals surface area contributed by atoms with E-state index in [1.54, 1.807) is 0 Å². The van der Waals surface area contributed by atoms with E-state index in [9.17, 15) is 76.7 Å². The molecule has 0 aliphatic carbocycles. The summed E-state index contributed by atoms with van der Waals surface area (Å²) in [5.41, 5.74) is -5.66. The number of nitrogens with two attached hydrogens (primary N) is 1. The summed E-state index contributed by atoms with van der Waals surface area (Å²) in [6, 6.07) is 8.84. The number of esters is 2. The third-order valence-electron chi connectivity index (χ3n) is 6.85. The molecule has 0 bridgehead atoms. The van der Waals surface area contributed by atoms with Crippen LogP contribution in [0.2, 0.25) is 0 Å². The molecule has 1 amide bonds. The van der Waals surface area contributed by atoms with Crippen molar-refractivity contribution in [2.45, 2.75) is 50.1 Å². The van der Waals surface area contributed by atoms with Gasteiger partial charge in [0, 0.05) is 0 Å². The highest BCUT2D eigenvalue weighted by Gasteiger charge is 2.45. The molecule has 3 rings (SSSR count). The molecule has 0 unspecified atom stereocenters. The maximum Gasteiger partial charge on any atom is 0.417 e. The van der Waals surface area contributed by atoms with Crippen molar-refractivity contribution < 1.29 is 91.2 Å². The monoisotopic (exact) mass is 842 g/mol. The SMILES string of the molecule is C[C@H](NC(=O)[C@@H](N)Cc1ccccc1)C(=O)O.Cl.O=C(COC(=O)c1c(C(F)(F)F)cccc1C(F)(F)F)COC(=O)c1c(C(F)(F)F)cccc1C(F)(F)F. The van der Waals surface area contributed by atoms with Crippen LogP contribution in [0.1, 0.15) is 55.5 Å². The van der Waals surface area contributed by atoms with Crippen LogP contribution in [0.25, 0.3) is 0 Å². The Labute approximate surface area is 313 Å². The maximum atomic E-state index is 13.1. The number of nitrogens with one attached hydrogen (secondary N) is 1. The van der Waals surface area contributed by atoms with Gasteiger partial charge in [-0.3, -0.25) is 14.4 Å². The zero-order chi connectivity index (χ0) is 42.1. The van der Waals surface area contributed by atoms with Gasteiger partial charge in [0.05, 0.1) is 39.4 Å². The van der Waals surface area contributed by atoms with E-state index in [4.69, 9.17) is 10.8 Å². The Morgan fingerprint density at radius 3 is 1.27 bits per heavy atom. The quantitative estimate of drug-likeness (QED) is 0.138. The summed E-state index contributed by atoms with van der Waals surface area (Å²) in [6.07, 6.45) is -21.5. The normalized spacial score (nSPS) is 12.8. The van der Waals surface area contributed by atoms with Crippen molar-refractivity contribution >= 4 is 42.0 Å². The van der Waals surface area contributed by atoms with E-state index in [0.717, 1.165) is 5.56 Å². The van der Waals surface area contributed by atoms with E-state index in [-0.39, 0.29) is 36.7 Å². The number of hydrogen-bond donors (Lipinski definition) is 3. The van der Waals surface area contributed by atoms with Gasteiger partial charge >= 0.3 is 42.6 Å². The number of Topliss-reactive ketones (excluding diaryl/α,β-unsaturated/α-hetero) is 1. The van der Waals surface area contributed by atoms with E-state index < -0.39 is 113 Å². The Kier molecular flexibility index (Phi) is 16.9. The minimum Gasteiger partial charge on any atom is -0.480 e. The van der Waals surface area contributed by atoms with E-state index in [1.165, 1.54) is 6.92 Å². The largest absolute Gasteiger partial charge is 0.480 e. The molecule has 0 heterocycles. The highest BCUT2D eigenvalue weighted by Crippen LogP contribution is 2.41. The van der Waals surface area contributed by atoms with Crippen molar-refractivity contribution in [1.82, 2.24) is 5.32 Å². The Bertz CT molecular complexity index is 1710. The molecule has 0 aliphatic rings. The number of ether oxygens (including phenoxy) is 2. The van der Waals surface area contributed by atoms with Crippen molar-refractivity contribution in [3.63, 3.8) is 0 Å². The molecule has 23 heteroatoms. The van der Waals surface area contributed by atoms with Crippen LogP contribution < -0.4 is 11.1 Å². The lowest BCUT2D eigenvalue weighted by Gasteiger charge is -2.18. The van der Waals surface area contributed by atoms with Gasteiger partial charge in [0.25, 0.3) is 0 Å². The number of rotatable bonds is 11. The number of aliphatic carboxylic acids is 1. The van der Waals surface area contributed by atoms with Crippen LogP contribution in [0.5, 0.6) is 0 Å². The van der Waals surface area contributed by atoms with Gasteiger partial charge in [-0.15, -0.1) is 12.4 Å². The van der Waals surface area contributed by atoms with E-state index >= 15 is 0 Å². The number of carboxylic acids is 1. The standard InChI is InChI=1S/C21H10F12O5.C12H16N2O3.ClH/c22-18(23,24)10-3-1-4-11(19(25,26)27)14(10)16(35)37-7-9(34)8-38-17(36)15-12(20(28,29)30)5-2-6-13(15)21(31,32)33;1-8(12(16)17)14-11(15)10(13)7-9-5-3-2-4-6-9;/h1-6H,7-8H2;2-6,8,10H,7,13H2,1H3,(H,14,15)(H,16,17);1H/t;8-,10-;/m.0./s1. The van der Waals surface area contributed by atoms with Crippen LogP contribution in [-0.4, -0.2) is 60.0 Å². The smallest absolute Gasteiger partial charge is 0.417 e. The molecule has 10 nitrogen and oxygen atoms in total. The van der Waals surface area contributed by atoms with Crippen molar-refractivity contribution in [1.29, 1.82) is 0 Å². The number of carboxylic acid groups (broad SMARTS) is 1. The topological polar surface area (TPSA) is 162 Å². The third-order valence-corrected chi connectivity index (χ3v) is 6.85. The zero-order valence-electron chi connectivity index (χ0n) is 28.0. The number of alkyl halides is 12. The predicted molar refractivity (Wildman–Crippen MR) is 169 cm³/mol. The highest BCUT2D eigenvalue weighted by atomic mass is 35.5. The number of carbonyl (C=O) groups is 5. The third kappa shape index (κ3) is 14.0. The Balaban J connectivity index is 0.000000729. The molecular weight excluding hydrogens is 816 g/mol. The second-order valence-corrected chi connectivity index (χ2v) is 11.0. The minimum atomic E-state index is -5.47. The van der Waals surface area contributed by atoms with Crippen molar-refractivity contribution in [3.05, 3.63) is 106 Å². The van der Waals surface area contributed by atoms with E-state index in [1.807, 2.05) is 30.3 Å². The average molecular weight is 843 g/mol. The number of carbonyl (C=O) groups excluding carboxylic acids is 4. The Morgan fingerprint density at radius 1 is 0.625 bits per heavy atom. The number of amides is 1. The van der Waals surface area contributed by atoms with Crippen molar-refractivity contribution in [2.75, 3.05) is 13.2 Å². The van der Waals surface area contributed by atoms with Gasteiger partial charge in [0.2, 0.25) is 11.7 Å². The van der Waals surface area contributed by atoms with Gasteiger partial charge in [-0.2, -0.15) is 52.7 Å². The molecule has 4 N–H and O–H groups in total. The lowest BCUT2D eigenvalue weighted by Crippen LogP contribution is -2.47. The summed E-state index contributed by atoms with van der Waals surface area (Å²) in [7, 11) is 0. The van der Waals surface area contributed by atoms with Crippen molar-refractivity contribution in [3.8, 4) is 0 Å². The van der Waals surface area contributed by atoms with Crippen molar-refractivity contribution in [2.24, 2.45) is 5.73 Å². The average Bonchev–Trinajstić information content (AvgIpc) is 3.07. The van der Waals surface area contributed by atoms with Crippen LogP contribution in [0.15, 0.2) is 66.7 Å². The number of ketones is 1. The second kappa shape index (κ2) is 19.5. The molecule has 0 aromatic heterocycles. The Morgan fingerprint density at radius 2 is 0.964 bits per heavy atom. The summed E-state index contributed by atoms with van der Waals surface area (Å²) in [5.74, 6) is -7.71. The first-order valence-corrected chi connectivity index (χ1v) is 14.9. The molecule has 0 fully saturated rings. The minimum absolute atomic E-state index is 0.